The van der Waals surface area contributed by atoms with E-state index in [2.05, 4.69) is 0 Å². The van der Waals surface area contributed by atoms with E-state index in [1.807, 2.05) is 0 Å². The smallest absolute Gasteiger partial charge is 0.852 e. The van der Waals surface area contributed by atoms with E-state index >= 15 is 0 Å². The van der Waals surface area contributed by atoms with E-state index in [0.717, 1.165) is 0 Å². The topological polar surface area (TPSA) is 23.1 Å². The summed E-state index contributed by atoms with van der Waals surface area (Å²) in [5, 5.41) is 10.3. The summed E-state index contributed by atoms with van der Waals surface area (Å²) in [6.07, 6.45) is 2.08. The van der Waals surface area contributed by atoms with Crippen molar-refractivity contribution in [1.82, 2.24) is 0 Å². The van der Waals surface area contributed by atoms with Gasteiger partial charge in [-0.1, -0.05) is 25.7 Å². The number of rotatable bonds is 1. The van der Waals surface area contributed by atoms with Crippen molar-refractivity contribution in [3.05, 3.63) is 0 Å². The molecule has 0 aliphatic heterocycles. The van der Waals surface area contributed by atoms with Gasteiger partial charge in [-0.3, -0.25) is 0 Å². The second kappa shape index (κ2) is 2.77. The molecule has 1 fully saturated rings. The van der Waals surface area contributed by atoms with Crippen molar-refractivity contribution < 1.29 is 24.0 Å². The van der Waals surface area contributed by atoms with Crippen LogP contribution in [-0.2, 0) is 0 Å². The molecule has 0 radical (unpaired) electrons. The van der Waals surface area contributed by atoms with Crippen LogP contribution in [0, 0.1) is 5.92 Å². The van der Waals surface area contributed by atoms with Gasteiger partial charge in [-0.25, -0.2) is 0 Å². The average molecular weight is 92.1 g/mol. The quantitative estimate of drug-likeness (QED) is 0.319. The van der Waals surface area contributed by atoms with E-state index in [0.29, 0.717) is 5.92 Å². The molecule has 1 atom stereocenters. The van der Waals surface area contributed by atoms with Crippen molar-refractivity contribution in [2.24, 2.45) is 5.92 Å². The van der Waals surface area contributed by atoms with Crippen LogP contribution in [0.5, 0.6) is 0 Å². The molecule has 0 aromatic carbocycles. The molecule has 0 N–H and O–H groups in total. The third-order valence-corrected chi connectivity index (χ3v) is 1.29. The monoisotopic (exact) mass is 92.1 g/mol. The van der Waals surface area contributed by atoms with Crippen molar-refractivity contribution in [2.75, 3.05) is 0 Å². The predicted molar refractivity (Wildman–Crippen MR) is 22.2 cm³/mol. The largest absolute Gasteiger partial charge is 1.00 e. The molecule has 1 unspecified atom stereocenters. The maximum atomic E-state index is 10.3. The van der Waals surface area contributed by atoms with Crippen molar-refractivity contribution in [2.45, 2.75) is 25.9 Å². The molecule has 0 amide bonds. The summed E-state index contributed by atoms with van der Waals surface area (Å²) in [6.45, 7) is 1.75. The number of hydrogen-bond acceptors (Lipinski definition) is 1. The van der Waals surface area contributed by atoms with Crippen LogP contribution in [0.3, 0.4) is 0 Å². The summed E-state index contributed by atoms with van der Waals surface area (Å²) >= 11 is 0. The van der Waals surface area contributed by atoms with Gasteiger partial charge in [0.1, 0.15) is 0 Å². The fourth-order valence-corrected chi connectivity index (χ4v) is 0.566. The average Bonchev–Trinajstić information content (AvgIpc) is 2.06. The van der Waals surface area contributed by atoms with Crippen molar-refractivity contribution in [1.29, 1.82) is 0 Å². The molecular formula is C5H9LiO. The third-order valence-electron chi connectivity index (χ3n) is 1.29. The minimum absolute atomic E-state index is 0. The van der Waals surface area contributed by atoms with Crippen LogP contribution in [-0.4, -0.2) is 6.10 Å². The second-order valence-electron chi connectivity index (χ2n) is 2.04. The van der Waals surface area contributed by atoms with Gasteiger partial charge in [0.25, 0.3) is 0 Å². The van der Waals surface area contributed by atoms with E-state index in [1.165, 1.54) is 12.8 Å². The molecule has 1 nitrogen and oxygen atoms in total. The van der Waals surface area contributed by atoms with Gasteiger partial charge in [0.15, 0.2) is 0 Å². The summed E-state index contributed by atoms with van der Waals surface area (Å²) in [7, 11) is 0. The maximum Gasteiger partial charge on any atom is 1.00 e. The second-order valence-corrected chi connectivity index (χ2v) is 2.04. The van der Waals surface area contributed by atoms with E-state index in [4.69, 9.17) is 0 Å². The Morgan fingerprint density at radius 1 is 1.57 bits per heavy atom. The zero-order valence-electron chi connectivity index (χ0n) is 4.98. The SMILES string of the molecule is CC([O-])C1CC1.[Li+]. The van der Waals surface area contributed by atoms with Gasteiger partial charge in [0.2, 0.25) is 0 Å². The van der Waals surface area contributed by atoms with E-state index in [9.17, 15) is 5.11 Å². The Kier molecular flexibility index (Phi) is 2.99. The molecule has 2 heteroatoms. The first-order chi connectivity index (χ1) is 2.80. The molecule has 1 aliphatic carbocycles. The summed E-state index contributed by atoms with van der Waals surface area (Å²) in [5.41, 5.74) is 0. The van der Waals surface area contributed by atoms with Crippen LogP contribution in [0.25, 0.3) is 0 Å². The first-order valence-corrected chi connectivity index (χ1v) is 2.46. The molecule has 0 heterocycles. The standard InChI is InChI=1S/C5H9O.Li/c1-4(6)5-2-3-5;/h4-5H,2-3H2,1H3;/q-1;+1. The van der Waals surface area contributed by atoms with Crippen LogP contribution in [0.4, 0.5) is 0 Å². The van der Waals surface area contributed by atoms with Crippen molar-refractivity contribution in [3.63, 3.8) is 0 Å². The van der Waals surface area contributed by atoms with E-state index < -0.39 is 0 Å². The molecule has 0 aromatic rings. The predicted octanol–water partition coefficient (Wildman–Crippen LogP) is -2.85. The van der Waals surface area contributed by atoms with Crippen LogP contribution in [0.1, 0.15) is 19.8 Å². The first-order valence-electron chi connectivity index (χ1n) is 2.46. The zero-order valence-corrected chi connectivity index (χ0v) is 4.98. The van der Waals surface area contributed by atoms with Crippen LogP contribution in [0.15, 0.2) is 0 Å². The number of hydrogen-bond donors (Lipinski definition) is 0. The molecule has 0 saturated heterocycles. The summed E-state index contributed by atoms with van der Waals surface area (Å²) < 4.78 is 0. The minimum Gasteiger partial charge on any atom is -0.852 e. The van der Waals surface area contributed by atoms with Crippen LogP contribution >= 0.6 is 0 Å². The molecule has 1 rings (SSSR count). The van der Waals surface area contributed by atoms with E-state index in [-0.39, 0.29) is 25.0 Å². The Balaban J connectivity index is 0.000000360. The molecule has 0 aromatic heterocycles. The van der Waals surface area contributed by atoms with Crippen LogP contribution in [0.2, 0.25) is 0 Å². The van der Waals surface area contributed by atoms with Crippen molar-refractivity contribution >= 4 is 0 Å². The van der Waals surface area contributed by atoms with Gasteiger partial charge >= 0.3 is 18.9 Å². The Hall–Kier alpha value is 0.557. The molecule has 36 valence electrons. The molecule has 1 aliphatic rings. The molecule has 0 bridgehead atoms. The Morgan fingerprint density at radius 2 is 2.00 bits per heavy atom. The molecule has 7 heavy (non-hydrogen) atoms. The normalized spacial score (nSPS) is 23.1. The minimum atomic E-state index is -0.287. The van der Waals surface area contributed by atoms with Gasteiger partial charge in [0, 0.05) is 0 Å². The molecule has 1 saturated carbocycles. The summed E-state index contributed by atoms with van der Waals surface area (Å²) in [4.78, 5) is 0. The molecular weight excluding hydrogens is 83.0 g/mol. The third kappa shape index (κ3) is 2.38. The van der Waals surface area contributed by atoms with Gasteiger partial charge in [-0.2, -0.15) is 0 Å². The maximum absolute atomic E-state index is 10.3. The Labute approximate surface area is 56.3 Å². The Morgan fingerprint density at radius 3 is 2.00 bits per heavy atom. The zero-order chi connectivity index (χ0) is 4.57. The first kappa shape index (κ1) is 7.56. The Bertz CT molecular complexity index is 50.0. The van der Waals surface area contributed by atoms with Crippen LogP contribution < -0.4 is 24.0 Å². The fraction of sp³-hybridized carbons (Fsp3) is 1.00. The fourth-order valence-electron chi connectivity index (χ4n) is 0.566. The van der Waals surface area contributed by atoms with Gasteiger partial charge in [-0.15, -0.1) is 6.10 Å². The summed E-state index contributed by atoms with van der Waals surface area (Å²) in [5.74, 6) is 0.546. The van der Waals surface area contributed by atoms with E-state index in [1.54, 1.807) is 6.92 Å². The van der Waals surface area contributed by atoms with Gasteiger partial charge in [0.05, 0.1) is 0 Å². The molecule has 0 spiro atoms. The van der Waals surface area contributed by atoms with Gasteiger partial charge < -0.3 is 5.11 Å². The van der Waals surface area contributed by atoms with Crippen molar-refractivity contribution in [3.8, 4) is 0 Å². The summed E-state index contributed by atoms with van der Waals surface area (Å²) in [6, 6.07) is 0. The van der Waals surface area contributed by atoms with Gasteiger partial charge in [-0.05, 0) is 0 Å².